The zero-order valence-electron chi connectivity index (χ0n) is 8.22. The molecule has 0 N–H and O–H groups in total. The van der Waals surface area contributed by atoms with E-state index >= 15 is 0 Å². The smallest absolute Gasteiger partial charge is 0.181 e. The first kappa shape index (κ1) is 9.05. The molecule has 0 unspecified atom stereocenters. The Labute approximate surface area is 82.2 Å². The van der Waals surface area contributed by atoms with E-state index in [2.05, 4.69) is 27.2 Å². The molecule has 14 heavy (non-hydrogen) atoms. The van der Waals surface area contributed by atoms with Crippen molar-refractivity contribution < 1.29 is 0 Å². The molecule has 5 heteroatoms. The molecule has 2 rings (SSSR count). The minimum atomic E-state index is 0.768. The van der Waals surface area contributed by atoms with Crippen molar-refractivity contribution in [1.29, 1.82) is 0 Å². The van der Waals surface area contributed by atoms with Crippen LogP contribution in [0.5, 0.6) is 0 Å². The van der Waals surface area contributed by atoms with Gasteiger partial charge in [-0.2, -0.15) is 0 Å². The van der Waals surface area contributed by atoms with E-state index in [0.717, 1.165) is 24.1 Å². The molecule has 0 aliphatic rings. The van der Waals surface area contributed by atoms with E-state index in [4.69, 9.17) is 0 Å². The summed E-state index contributed by atoms with van der Waals surface area (Å²) in [6.45, 7) is 3.07. The second kappa shape index (κ2) is 4.13. The second-order valence-electron chi connectivity index (χ2n) is 3.25. The SMILES string of the molecule is CCCCCn1nnc2cncnc21. The maximum Gasteiger partial charge on any atom is 0.181 e. The van der Waals surface area contributed by atoms with Crippen molar-refractivity contribution >= 4 is 11.2 Å². The molecule has 0 saturated carbocycles. The van der Waals surface area contributed by atoms with Crippen LogP contribution in [0.25, 0.3) is 11.2 Å². The number of unbranched alkanes of at least 4 members (excludes halogenated alkanes) is 2. The van der Waals surface area contributed by atoms with Gasteiger partial charge in [0.15, 0.2) is 11.2 Å². The summed E-state index contributed by atoms with van der Waals surface area (Å²) < 4.78 is 1.84. The molecule has 0 aliphatic carbocycles. The fraction of sp³-hybridized carbons (Fsp3) is 0.556. The van der Waals surface area contributed by atoms with Gasteiger partial charge in [0.25, 0.3) is 0 Å². The predicted molar refractivity (Wildman–Crippen MR) is 52.6 cm³/mol. The molecule has 0 atom stereocenters. The lowest BCUT2D eigenvalue weighted by Gasteiger charge is -1.99. The molecular formula is C9H13N5. The molecule has 0 saturated heterocycles. The van der Waals surface area contributed by atoms with E-state index in [0.29, 0.717) is 0 Å². The van der Waals surface area contributed by atoms with Crippen molar-refractivity contribution in [2.24, 2.45) is 0 Å². The van der Waals surface area contributed by atoms with E-state index in [1.54, 1.807) is 6.20 Å². The summed E-state index contributed by atoms with van der Waals surface area (Å²) >= 11 is 0. The molecule has 2 aromatic rings. The van der Waals surface area contributed by atoms with Crippen LogP contribution in [0.3, 0.4) is 0 Å². The van der Waals surface area contributed by atoms with Gasteiger partial charge in [-0.05, 0) is 6.42 Å². The summed E-state index contributed by atoms with van der Waals surface area (Å²) in [7, 11) is 0. The zero-order chi connectivity index (χ0) is 9.80. The van der Waals surface area contributed by atoms with Crippen LogP contribution >= 0.6 is 0 Å². The zero-order valence-corrected chi connectivity index (χ0v) is 8.22. The largest absolute Gasteiger partial charge is 0.242 e. The van der Waals surface area contributed by atoms with Crippen LogP contribution in [0.1, 0.15) is 26.2 Å². The Hall–Kier alpha value is -1.52. The van der Waals surface area contributed by atoms with Crippen LogP contribution in [-0.4, -0.2) is 25.0 Å². The average Bonchev–Trinajstić information content (AvgIpc) is 2.63. The molecule has 0 amide bonds. The fourth-order valence-electron chi connectivity index (χ4n) is 1.39. The Bertz CT molecular complexity index is 408. The third-order valence-electron chi connectivity index (χ3n) is 2.15. The molecule has 2 heterocycles. The van der Waals surface area contributed by atoms with Gasteiger partial charge in [-0.1, -0.05) is 25.0 Å². The van der Waals surface area contributed by atoms with Gasteiger partial charge in [0.1, 0.15) is 6.33 Å². The number of nitrogens with zero attached hydrogens (tertiary/aromatic N) is 5. The van der Waals surface area contributed by atoms with Gasteiger partial charge in [-0.3, -0.25) is 0 Å². The van der Waals surface area contributed by atoms with Crippen LogP contribution in [0, 0.1) is 0 Å². The Morgan fingerprint density at radius 1 is 1.36 bits per heavy atom. The molecule has 0 bridgehead atoms. The van der Waals surface area contributed by atoms with Gasteiger partial charge in [-0.25, -0.2) is 14.6 Å². The number of hydrogen-bond acceptors (Lipinski definition) is 4. The van der Waals surface area contributed by atoms with E-state index in [-0.39, 0.29) is 0 Å². The van der Waals surface area contributed by atoms with Gasteiger partial charge >= 0.3 is 0 Å². The monoisotopic (exact) mass is 191 g/mol. The lowest BCUT2D eigenvalue weighted by atomic mass is 10.2. The van der Waals surface area contributed by atoms with Crippen molar-refractivity contribution in [2.75, 3.05) is 0 Å². The Morgan fingerprint density at radius 2 is 2.29 bits per heavy atom. The van der Waals surface area contributed by atoms with Gasteiger partial charge in [-0.15, -0.1) is 5.10 Å². The number of fused-ring (bicyclic) bond motifs is 1. The maximum atomic E-state index is 4.15. The number of aryl methyl sites for hydroxylation is 1. The van der Waals surface area contributed by atoms with E-state index in [1.165, 1.54) is 19.2 Å². The first-order valence-electron chi connectivity index (χ1n) is 4.91. The third kappa shape index (κ3) is 1.71. The van der Waals surface area contributed by atoms with Crippen LogP contribution in [0.4, 0.5) is 0 Å². The van der Waals surface area contributed by atoms with Crippen molar-refractivity contribution in [3.05, 3.63) is 12.5 Å². The molecule has 0 radical (unpaired) electrons. The molecule has 74 valence electrons. The van der Waals surface area contributed by atoms with E-state index in [9.17, 15) is 0 Å². The van der Waals surface area contributed by atoms with E-state index < -0.39 is 0 Å². The minimum Gasteiger partial charge on any atom is -0.242 e. The standard InChI is InChI=1S/C9H13N5/c1-2-3-4-5-14-9-8(12-13-14)6-10-7-11-9/h6-7H,2-5H2,1H3. The summed E-state index contributed by atoms with van der Waals surface area (Å²) in [4.78, 5) is 8.04. The highest BCUT2D eigenvalue weighted by atomic mass is 15.4. The normalized spacial score (nSPS) is 10.9. The number of aromatic nitrogens is 5. The second-order valence-corrected chi connectivity index (χ2v) is 3.25. The predicted octanol–water partition coefficient (Wildman–Crippen LogP) is 1.41. The topological polar surface area (TPSA) is 56.5 Å². The minimum absolute atomic E-state index is 0.768. The molecule has 0 aromatic carbocycles. The van der Waals surface area contributed by atoms with Crippen LogP contribution in [-0.2, 0) is 6.54 Å². The molecular weight excluding hydrogens is 178 g/mol. The lowest BCUT2D eigenvalue weighted by molar-refractivity contribution is 0.547. The van der Waals surface area contributed by atoms with Crippen LogP contribution in [0.2, 0.25) is 0 Å². The first-order chi connectivity index (χ1) is 6.92. The molecule has 0 aliphatic heterocycles. The quantitative estimate of drug-likeness (QED) is 0.686. The lowest BCUT2D eigenvalue weighted by Crippen LogP contribution is -2.01. The van der Waals surface area contributed by atoms with Crippen molar-refractivity contribution in [2.45, 2.75) is 32.7 Å². The van der Waals surface area contributed by atoms with Crippen LogP contribution < -0.4 is 0 Å². The van der Waals surface area contributed by atoms with Gasteiger partial charge in [0.05, 0.1) is 6.20 Å². The Balaban J connectivity index is 2.17. The van der Waals surface area contributed by atoms with Crippen molar-refractivity contribution in [3.8, 4) is 0 Å². The Morgan fingerprint density at radius 3 is 3.14 bits per heavy atom. The molecule has 0 fully saturated rings. The highest BCUT2D eigenvalue weighted by Crippen LogP contribution is 2.06. The Kier molecular flexibility index (Phi) is 2.67. The highest BCUT2D eigenvalue weighted by molar-refractivity contribution is 5.67. The highest BCUT2D eigenvalue weighted by Gasteiger charge is 2.03. The van der Waals surface area contributed by atoms with Gasteiger partial charge < -0.3 is 0 Å². The van der Waals surface area contributed by atoms with Gasteiger partial charge in [0.2, 0.25) is 0 Å². The molecule has 5 nitrogen and oxygen atoms in total. The molecule has 0 spiro atoms. The fourth-order valence-corrected chi connectivity index (χ4v) is 1.39. The first-order valence-corrected chi connectivity index (χ1v) is 4.91. The van der Waals surface area contributed by atoms with Crippen molar-refractivity contribution in [1.82, 2.24) is 25.0 Å². The number of hydrogen-bond donors (Lipinski definition) is 0. The summed E-state index contributed by atoms with van der Waals surface area (Å²) in [5.41, 5.74) is 1.60. The summed E-state index contributed by atoms with van der Waals surface area (Å²) in [5, 5.41) is 8.02. The summed E-state index contributed by atoms with van der Waals surface area (Å²) in [5.74, 6) is 0. The molecule has 2 aromatic heterocycles. The van der Waals surface area contributed by atoms with Crippen molar-refractivity contribution in [3.63, 3.8) is 0 Å². The summed E-state index contributed by atoms with van der Waals surface area (Å²) in [6.07, 6.45) is 6.76. The van der Waals surface area contributed by atoms with E-state index in [1.807, 2.05) is 4.68 Å². The van der Waals surface area contributed by atoms with Crippen LogP contribution in [0.15, 0.2) is 12.5 Å². The average molecular weight is 191 g/mol. The number of rotatable bonds is 4. The summed E-state index contributed by atoms with van der Waals surface area (Å²) in [6, 6.07) is 0. The maximum absolute atomic E-state index is 4.15. The van der Waals surface area contributed by atoms with Gasteiger partial charge in [0, 0.05) is 6.54 Å². The third-order valence-corrected chi connectivity index (χ3v) is 2.15.